The minimum Gasteiger partial charge on any atom is -0.376 e. The zero-order valence-electron chi connectivity index (χ0n) is 19.4. The van der Waals surface area contributed by atoms with Gasteiger partial charge in [-0.15, -0.1) is 0 Å². The van der Waals surface area contributed by atoms with E-state index in [2.05, 4.69) is 4.98 Å². The third kappa shape index (κ3) is 6.06. The summed E-state index contributed by atoms with van der Waals surface area (Å²) >= 11 is 12.2. The number of hydrogen-bond donors (Lipinski definition) is 0. The van der Waals surface area contributed by atoms with E-state index in [0.717, 1.165) is 12.8 Å². The first-order valence-electron chi connectivity index (χ1n) is 11.5. The van der Waals surface area contributed by atoms with Crippen LogP contribution in [0.15, 0.2) is 59.9 Å². The van der Waals surface area contributed by atoms with Crippen LogP contribution in [0.3, 0.4) is 0 Å². The molecule has 0 bridgehead atoms. The van der Waals surface area contributed by atoms with Crippen molar-refractivity contribution in [1.82, 2.24) is 14.5 Å². The minimum atomic E-state index is -3.73. The highest BCUT2D eigenvalue weighted by Gasteiger charge is 2.28. The Labute approximate surface area is 215 Å². The molecule has 7 nitrogen and oxygen atoms in total. The van der Waals surface area contributed by atoms with Gasteiger partial charge in [-0.1, -0.05) is 53.5 Å². The SMILES string of the molecule is CCN(Cc1cnc(S(=O)(=O)Cc2ccccc2)n1CC1CCCO1)C(=O)c1ccc(Cl)cc1Cl. The zero-order chi connectivity index (χ0) is 25.0. The summed E-state index contributed by atoms with van der Waals surface area (Å²) in [6.45, 7) is 3.43. The Bertz CT molecular complexity index is 1290. The number of carbonyl (C=O) groups excluding carboxylic acids is 1. The summed E-state index contributed by atoms with van der Waals surface area (Å²) in [7, 11) is -3.73. The van der Waals surface area contributed by atoms with Crippen molar-refractivity contribution in [2.24, 2.45) is 0 Å². The van der Waals surface area contributed by atoms with E-state index in [0.29, 0.717) is 41.5 Å². The number of carbonyl (C=O) groups is 1. The zero-order valence-corrected chi connectivity index (χ0v) is 21.7. The fraction of sp³-hybridized carbons (Fsp3) is 0.360. The van der Waals surface area contributed by atoms with Crippen LogP contribution in [0.5, 0.6) is 0 Å². The molecule has 4 rings (SSSR count). The van der Waals surface area contributed by atoms with Crippen molar-refractivity contribution in [3.05, 3.63) is 81.6 Å². The van der Waals surface area contributed by atoms with Crippen molar-refractivity contribution in [3.8, 4) is 0 Å². The molecule has 1 fully saturated rings. The van der Waals surface area contributed by atoms with Gasteiger partial charge < -0.3 is 14.2 Å². The molecule has 1 unspecified atom stereocenters. The Balaban J connectivity index is 1.65. The Morgan fingerprint density at radius 1 is 1.20 bits per heavy atom. The number of ether oxygens (including phenoxy) is 1. The number of sulfone groups is 1. The van der Waals surface area contributed by atoms with E-state index < -0.39 is 9.84 Å². The molecule has 0 saturated carbocycles. The minimum absolute atomic E-state index is 0.0140. The molecule has 1 aliphatic rings. The van der Waals surface area contributed by atoms with E-state index in [-0.39, 0.29) is 34.5 Å². The molecule has 2 aromatic carbocycles. The van der Waals surface area contributed by atoms with Crippen LogP contribution in [0, 0.1) is 0 Å². The van der Waals surface area contributed by atoms with Gasteiger partial charge in [-0.2, -0.15) is 0 Å². The van der Waals surface area contributed by atoms with Crippen molar-refractivity contribution in [2.45, 2.75) is 49.9 Å². The molecular weight excluding hydrogens is 509 g/mol. The second-order valence-electron chi connectivity index (χ2n) is 8.47. The molecule has 186 valence electrons. The van der Waals surface area contributed by atoms with Crippen LogP contribution in [-0.2, 0) is 33.4 Å². The molecule has 1 atom stereocenters. The molecule has 2 heterocycles. The number of amides is 1. The van der Waals surface area contributed by atoms with Gasteiger partial charge in [0.05, 0.1) is 47.4 Å². The van der Waals surface area contributed by atoms with Gasteiger partial charge in [-0.3, -0.25) is 4.79 Å². The maximum atomic E-state index is 13.4. The lowest BCUT2D eigenvalue weighted by atomic mass is 10.2. The third-order valence-corrected chi connectivity index (χ3v) is 8.12. The van der Waals surface area contributed by atoms with E-state index >= 15 is 0 Å². The standard InChI is InChI=1S/C25H27Cl2N3O4S/c1-2-29(24(31)22-11-10-19(26)13-23(22)27)15-20-14-28-25(30(20)16-21-9-6-12-34-21)35(32,33)17-18-7-4-3-5-8-18/h3-5,7-8,10-11,13-14,21H,2,6,9,12,15-17H2,1H3. The molecule has 3 aromatic rings. The van der Waals surface area contributed by atoms with Gasteiger partial charge >= 0.3 is 0 Å². The lowest BCUT2D eigenvalue weighted by Gasteiger charge is -2.23. The van der Waals surface area contributed by atoms with E-state index in [4.69, 9.17) is 27.9 Å². The van der Waals surface area contributed by atoms with Crippen LogP contribution in [0.1, 0.15) is 41.4 Å². The molecule has 1 aliphatic heterocycles. The molecule has 0 N–H and O–H groups in total. The molecule has 35 heavy (non-hydrogen) atoms. The first kappa shape index (κ1) is 25.7. The van der Waals surface area contributed by atoms with E-state index in [1.54, 1.807) is 33.7 Å². The van der Waals surface area contributed by atoms with Crippen LogP contribution in [0.4, 0.5) is 0 Å². The summed E-state index contributed by atoms with van der Waals surface area (Å²) in [6, 6.07) is 13.7. The van der Waals surface area contributed by atoms with Crippen LogP contribution in [-0.4, -0.2) is 48.0 Å². The maximum Gasteiger partial charge on any atom is 0.255 e. The second kappa shape index (κ2) is 11.1. The molecule has 10 heteroatoms. The van der Waals surface area contributed by atoms with E-state index in [1.165, 1.54) is 12.3 Å². The molecule has 0 spiro atoms. The lowest BCUT2D eigenvalue weighted by Crippen LogP contribution is -2.32. The van der Waals surface area contributed by atoms with Gasteiger partial charge in [0.15, 0.2) is 0 Å². The highest BCUT2D eigenvalue weighted by molar-refractivity contribution is 7.90. The first-order valence-corrected chi connectivity index (χ1v) is 13.9. The van der Waals surface area contributed by atoms with Crippen LogP contribution in [0.2, 0.25) is 10.0 Å². The van der Waals surface area contributed by atoms with Crippen LogP contribution < -0.4 is 0 Å². The molecule has 0 aliphatic carbocycles. The summed E-state index contributed by atoms with van der Waals surface area (Å²) in [6.07, 6.45) is 3.19. The van der Waals surface area contributed by atoms with Gasteiger partial charge in [0.25, 0.3) is 5.91 Å². The maximum absolute atomic E-state index is 13.4. The Kier molecular flexibility index (Phi) is 8.16. The summed E-state index contributed by atoms with van der Waals surface area (Å²) in [5.74, 6) is -0.431. The van der Waals surface area contributed by atoms with E-state index in [9.17, 15) is 13.2 Å². The highest BCUT2D eigenvalue weighted by Crippen LogP contribution is 2.25. The van der Waals surface area contributed by atoms with Gasteiger partial charge in [0, 0.05) is 18.2 Å². The van der Waals surface area contributed by atoms with Crippen LogP contribution >= 0.6 is 23.2 Å². The average Bonchev–Trinajstić information content (AvgIpc) is 3.48. The number of nitrogens with zero attached hydrogens (tertiary/aromatic N) is 3. The molecule has 1 aromatic heterocycles. The van der Waals surface area contributed by atoms with Gasteiger partial charge in [0.1, 0.15) is 0 Å². The normalized spacial score (nSPS) is 15.9. The smallest absolute Gasteiger partial charge is 0.255 e. The highest BCUT2D eigenvalue weighted by atomic mass is 35.5. The van der Waals surface area contributed by atoms with Gasteiger partial charge in [-0.05, 0) is 43.5 Å². The molecule has 1 amide bonds. The van der Waals surface area contributed by atoms with Crippen molar-refractivity contribution in [2.75, 3.05) is 13.2 Å². The Morgan fingerprint density at radius 2 is 1.97 bits per heavy atom. The number of aromatic nitrogens is 2. The predicted octanol–water partition coefficient (Wildman–Crippen LogP) is 5.01. The molecular formula is C25H27Cl2N3O4S. The fourth-order valence-corrected chi connectivity index (χ4v) is 6.16. The van der Waals surface area contributed by atoms with Crippen molar-refractivity contribution in [1.29, 1.82) is 0 Å². The predicted molar refractivity (Wildman–Crippen MR) is 135 cm³/mol. The number of benzene rings is 2. The first-order chi connectivity index (χ1) is 16.8. The third-order valence-electron chi connectivity index (χ3n) is 5.97. The monoisotopic (exact) mass is 535 g/mol. The summed E-state index contributed by atoms with van der Waals surface area (Å²) in [5, 5.41) is 0.692. The second-order valence-corrected chi connectivity index (χ2v) is 11.2. The summed E-state index contributed by atoms with van der Waals surface area (Å²) in [5.41, 5.74) is 1.64. The van der Waals surface area contributed by atoms with Crippen molar-refractivity contribution in [3.63, 3.8) is 0 Å². The Morgan fingerprint density at radius 3 is 2.63 bits per heavy atom. The largest absolute Gasteiger partial charge is 0.376 e. The fourth-order valence-electron chi connectivity index (χ4n) is 4.17. The van der Waals surface area contributed by atoms with Crippen LogP contribution in [0.25, 0.3) is 0 Å². The quantitative estimate of drug-likeness (QED) is 0.384. The number of rotatable bonds is 9. The van der Waals surface area contributed by atoms with Crippen molar-refractivity contribution < 1.29 is 17.9 Å². The summed E-state index contributed by atoms with van der Waals surface area (Å²) < 4.78 is 34.2. The molecule has 0 radical (unpaired) electrons. The number of imidazole rings is 1. The lowest BCUT2D eigenvalue weighted by molar-refractivity contribution is 0.0741. The average molecular weight is 536 g/mol. The number of halogens is 2. The number of hydrogen-bond acceptors (Lipinski definition) is 5. The topological polar surface area (TPSA) is 81.5 Å². The summed E-state index contributed by atoms with van der Waals surface area (Å²) in [4.78, 5) is 19.2. The van der Waals surface area contributed by atoms with Gasteiger partial charge in [-0.25, -0.2) is 13.4 Å². The van der Waals surface area contributed by atoms with Gasteiger partial charge in [0.2, 0.25) is 15.0 Å². The van der Waals surface area contributed by atoms with Crippen molar-refractivity contribution >= 4 is 38.9 Å². The Hall–Kier alpha value is -2.39. The van der Waals surface area contributed by atoms with E-state index in [1.807, 2.05) is 25.1 Å². The molecule has 1 saturated heterocycles.